The number of pyridine rings is 1. The van der Waals surface area contributed by atoms with Gasteiger partial charge in [-0.25, -0.2) is 0 Å². The highest BCUT2D eigenvalue weighted by Gasteiger charge is 2.11. The number of carbonyl (C=O) groups excluding carboxylic acids is 1. The van der Waals surface area contributed by atoms with E-state index < -0.39 is 0 Å². The van der Waals surface area contributed by atoms with Crippen LogP contribution in [0.2, 0.25) is 0 Å². The lowest BCUT2D eigenvalue weighted by Gasteiger charge is -2.12. The first-order chi connectivity index (χ1) is 8.16. The van der Waals surface area contributed by atoms with E-state index in [9.17, 15) is 9.59 Å². The maximum Gasteiger partial charge on any atom is 0.252 e. The van der Waals surface area contributed by atoms with Gasteiger partial charge in [-0.15, -0.1) is 0 Å². The Balaban J connectivity index is 2.10. The molecular formula is C12H12N2O2S. The normalized spacial score (nSPS) is 12.1. The second kappa shape index (κ2) is 4.97. The summed E-state index contributed by atoms with van der Waals surface area (Å²) in [6.45, 7) is 1.91. The summed E-state index contributed by atoms with van der Waals surface area (Å²) in [6.07, 6.45) is 1.46. The van der Waals surface area contributed by atoms with Gasteiger partial charge >= 0.3 is 0 Å². The van der Waals surface area contributed by atoms with E-state index in [1.54, 1.807) is 17.4 Å². The second-order valence-corrected chi connectivity index (χ2v) is 4.47. The third-order valence-electron chi connectivity index (χ3n) is 2.43. The molecule has 2 aromatic heterocycles. The number of nitrogens with one attached hydrogen (secondary N) is 2. The zero-order chi connectivity index (χ0) is 12.3. The van der Waals surface area contributed by atoms with Crippen LogP contribution in [0.4, 0.5) is 0 Å². The molecular weight excluding hydrogens is 236 g/mol. The molecule has 17 heavy (non-hydrogen) atoms. The minimum absolute atomic E-state index is 0.0620. The van der Waals surface area contributed by atoms with Crippen LogP contribution in [0.25, 0.3) is 0 Å². The van der Waals surface area contributed by atoms with Gasteiger partial charge in [0.05, 0.1) is 6.04 Å². The van der Waals surface area contributed by atoms with Crippen molar-refractivity contribution in [1.82, 2.24) is 10.3 Å². The second-order valence-electron chi connectivity index (χ2n) is 3.69. The Labute approximate surface area is 102 Å². The van der Waals surface area contributed by atoms with Crippen molar-refractivity contribution in [1.29, 1.82) is 0 Å². The van der Waals surface area contributed by atoms with Crippen molar-refractivity contribution in [2.24, 2.45) is 0 Å². The molecule has 0 saturated heterocycles. The topological polar surface area (TPSA) is 62.0 Å². The quantitative estimate of drug-likeness (QED) is 0.871. The highest BCUT2D eigenvalue weighted by Crippen LogP contribution is 2.15. The molecule has 4 nitrogen and oxygen atoms in total. The first-order valence-corrected chi connectivity index (χ1v) is 6.13. The maximum atomic E-state index is 11.8. The van der Waals surface area contributed by atoms with Crippen molar-refractivity contribution in [2.45, 2.75) is 13.0 Å². The highest BCUT2D eigenvalue weighted by atomic mass is 32.1. The molecule has 2 aromatic rings. The first kappa shape index (κ1) is 11.6. The van der Waals surface area contributed by atoms with E-state index in [4.69, 9.17) is 0 Å². The number of hydrogen-bond acceptors (Lipinski definition) is 3. The van der Waals surface area contributed by atoms with E-state index in [2.05, 4.69) is 10.3 Å². The number of carbonyl (C=O) groups is 1. The molecule has 0 bridgehead atoms. The number of rotatable bonds is 3. The monoisotopic (exact) mass is 248 g/mol. The lowest BCUT2D eigenvalue weighted by Crippen LogP contribution is -2.27. The SMILES string of the molecule is CC(NC(=O)c1cc[nH]c(=O)c1)c1ccsc1. The van der Waals surface area contributed by atoms with Gasteiger partial charge < -0.3 is 10.3 Å². The number of aromatic amines is 1. The fraction of sp³-hybridized carbons (Fsp3) is 0.167. The number of amides is 1. The molecule has 0 aromatic carbocycles. The van der Waals surface area contributed by atoms with Gasteiger partial charge in [0, 0.05) is 17.8 Å². The molecule has 0 radical (unpaired) electrons. The van der Waals surface area contributed by atoms with Crippen LogP contribution in [0.15, 0.2) is 40.0 Å². The summed E-state index contributed by atoms with van der Waals surface area (Å²) >= 11 is 1.59. The first-order valence-electron chi connectivity index (χ1n) is 5.18. The Morgan fingerprint density at radius 1 is 1.47 bits per heavy atom. The van der Waals surface area contributed by atoms with Crippen LogP contribution < -0.4 is 10.9 Å². The van der Waals surface area contributed by atoms with Gasteiger partial charge in [-0.3, -0.25) is 9.59 Å². The summed E-state index contributed by atoms with van der Waals surface area (Å²) in [6, 6.07) is 4.77. The molecule has 0 aliphatic carbocycles. The van der Waals surface area contributed by atoms with Crippen molar-refractivity contribution in [3.63, 3.8) is 0 Å². The van der Waals surface area contributed by atoms with Crippen LogP contribution in [0.5, 0.6) is 0 Å². The minimum atomic E-state index is -0.277. The van der Waals surface area contributed by atoms with Gasteiger partial charge in [-0.1, -0.05) is 0 Å². The van der Waals surface area contributed by atoms with Crippen molar-refractivity contribution < 1.29 is 4.79 Å². The van der Waals surface area contributed by atoms with Crippen LogP contribution >= 0.6 is 11.3 Å². The van der Waals surface area contributed by atoms with Gasteiger partial charge in [-0.2, -0.15) is 11.3 Å². The molecule has 1 atom stereocenters. The molecule has 2 heterocycles. The summed E-state index contributed by atoms with van der Waals surface area (Å²) in [5, 5.41) is 6.79. The summed E-state index contributed by atoms with van der Waals surface area (Å²) < 4.78 is 0. The standard InChI is InChI=1S/C12H12N2O2S/c1-8(10-3-5-17-7-10)14-12(16)9-2-4-13-11(15)6-9/h2-8H,1H3,(H,13,15)(H,14,16). The van der Waals surface area contributed by atoms with E-state index in [0.29, 0.717) is 5.56 Å². The van der Waals surface area contributed by atoms with E-state index in [1.807, 2.05) is 23.8 Å². The predicted octanol–water partition coefficient (Wildman–Crippen LogP) is 1.93. The minimum Gasteiger partial charge on any atom is -0.345 e. The molecule has 2 rings (SSSR count). The molecule has 0 fully saturated rings. The smallest absolute Gasteiger partial charge is 0.252 e. The van der Waals surface area contributed by atoms with Gasteiger partial charge in [0.15, 0.2) is 0 Å². The molecule has 5 heteroatoms. The number of aromatic nitrogens is 1. The Morgan fingerprint density at radius 2 is 2.29 bits per heavy atom. The average molecular weight is 248 g/mol. The van der Waals surface area contributed by atoms with Gasteiger partial charge in [-0.05, 0) is 35.4 Å². The molecule has 0 spiro atoms. The van der Waals surface area contributed by atoms with Crippen LogP contribution in [-0.2, 0) is 0 Å². The number of hydrogen-bond donors (Lipinski definition) is 2. The number of thiophene rings is 1. The fourth-order valence-corrected chi connectivity index (χ4v) is 2.22. The highest BCUT2D eigenvalue weighted by molar-refractivity contribution is 7.07. The zero-order valence-corrected chi connectivity index (χ0v) is 10.1. The molecule has 88 valence electrons. The van der Waals surface area contributed by atoms with Crippen LogP contribution in [0.1, 0.15) is 28.9 Å². The van der Waals surface area contributed by atoms with Crippen molar-refractivity contribution in [3.05, 3.63) is 56.6 Å². The largest absolute Gasteiger partial charge is 0.345 e. The van der Waals surface area contributed by atoms with E-state index in [1.165, 1.54) is 12.3 Å². The van der Waals surface area contributed by atoms with Crippen LogP contribution in [0, 0.1) is 0 Å². The lowest BCUT2D eigenvalue weighted by molar-refractivity contribution is 0.0939. The number of H-pyrrole nitrogens is 1. The van der Waals surface area contributed by atoms with E-state index in [0.717, 1.165) is 5.56 Å². The predicted molar refractivity (Wildman–Crippen MR) is 67.3 cm³/mol. The van der Waals surface area contributed by atoms with Gasteiger partial charge in [0.25, 0.3) is 5.91 Å². The summed E-state index contributed by atoms with van der Waals surface area (Å²) in [5.74, 6) is -0.241. The molecule has 0 saturated carbocycles. The maximum absolute atomic E-state index is 11.8. The molecule has 0 aliphatic rings. The van der Waals surface area contributed by atoms with E-state index in [-0.39, 0.29) is 17.5 Å². The Kier molecular flexibility index (Phi) is 3.39. The fourth-order valence-electron chi connectivity index (χ4n) is 1.47. The van der Waals surface area contributed by atoms with E-state index >= 15 is 0 Å². The van der Waals surface area contributed by atoms with Crippen molar-refractivity contribution >= 4 is 17.2 Å². The molecule has 0 aliphatic heterocycles. The van der Waals surface area contributed by atoms with Crippen molar-refractivity contribution in [2.75, 3.05) is 0 Å². The summed E-state index contributed by atoms with van der Waals surface area (Å²) in [5.41, 5.74) is 1.16. The Hall–Kier alpha value is -1.88. The lowest BCUT2D eigenvalue weighted by atomic mass is 10.1. The summed E-state index contributed by atoms with van der Waals surface area (Å²) in [4.78, 5) is 25.4. The Bertz CT molecular complexity index is 560. The van der Waals surface area contributed by atoms with Crippen molar-refractivity contribution in [3.8, 4) is 0 Å². The van der Waals surface area contributed by atoms with Gasteiger partial charge in [0.1, 0.15) is 0 Å². The average Bonchev–Trinajstić information content (AvgIpc) is 2.82. The molecule has 1 amide bonds. The molecule has 2 N–H and O–H groups in total. The summed E-state index contributed by atoms with van der Waals surface area (Å²) in [7, 11) is 0. The van der Waals surface area contributed by atoms with Crippen LogP contribution in [0.3, 0.4) is 0 Å². The molecule has 1 unspecified atom stereocenters. The third kappa shape index (κ3) is 2.82. The van der Waals surface area contributed by atoms with Gasteiger partial charge in [0.2, 0.25) is 5.56 Å². The zero-order valence-electron chi connectivity index (χ0n) is 9.27. The Morgan fingerprint density at radius 3 is 2.94 bits per heavy atom. The third-order valence-corrected chi connectivity index (χ3v) is 3.13. The van der Waals surface area contributed by atoms with Crippen LogP contribution in [-0.4, -0.2) is 10.9 Å².